The van der Waals surface area contributed by atoms with Crippen molar-refractivity contribution in [1.29, 1.82) is 0 Å². The van der Waals surface area contributed by atoms with E-state index in [1.54, 1.807) is 7.11 Å². The van der Waals surface area contributed by atoms with E-state index in [1.165, 1.54) is 29.5 Å². The number of fused-ring (bicyclic) bond motifs is 1. The number of methoxy groups -OCH3 is 1. The highest BCUT2D eigenvalue weighted by atomic mass is 16.5. The first-order valence-electron chi connectivity index (χ1n) is 6.91. The smallest absolute Gasteiger partial charge is 0.0589 e. The van der Waals surface area contributed by atoms with E-state index in [0.29, 0.717) is 0 Å². The monoisotopic (exact) mass is 246 g/mol. The average molecular weight is 246 g/mol. The summed E-state index contributed by atoms with van der Waals surface area (Å²) >= 11 is 0. The molecule has 1 aliphatic heterocycles. The molecule has 1 N–H and O–H groups in total. The third kappa shape index (κ3) is 2.74. The molecule has 1 heterocycles. The summed E-state index contributed by atoms with van der Waals surface area (Å²) in [5.41, 5.74) is 4.39. The number of rotatable bonds is 6. The summed E-state index contributed by atoms with van der Waals surface area (Å²) in [6.45, 7) is 5.02. The van der Waals surface area contributed by atoms with Crippen LogP contribution in [0.4, 0.5) is 0 Å². The van der Waals surface area contributed by atoms with Crippen LogP contribution in [-0.4, -0.2) is 31.2 Å². The Hall–Kier alpha value is -0.900. The van der Waals surface area contributed by atoms with Crippen molar-refractivity contribution in [1.82, 2.24) is 10.2 Å². The predicted octanol–water partition coefficient (Wildman–Crippen LogP) is 1.90. The van der Waals surface area contributed by atoms with Crippen molar-refractivity contribution < 1.29 is 4.74 Å². The zero-order valence-corrected chi connectivity index (χ0v) is 11.1. The second-order valence-corrected chi connectivity index (χ2v) is 5.40. The number of ether oxygens (including phenoxy) is 1. The van der Waals surface area contributed by atoms with Gasteiger partial charge in [-0.15, -0.1) is 0 Å². The molecule has 3 nitrogen and oxygen atoms in total. The molecule has 1 saturated carbocycles. The van der Waals surface area contributed by atoms with E-state index >= 15 is 0 Å². The van der Waals surface area contributed by atoms with Crippen LogP contribution >= 0.6 is 0 Å². The lowest BCUT2D eigenvalue weighted by Gasteiger charge is -2.22. The van der Waals surface area contributed by atoms with Gasteiger partial charge in [-0.25, -0.2) is 0 Å². The molecule has 0 saturated heterocycles. The lowest BCUT2D eigenvalue weighted by molar-refractivity contribution is 0.139. The SMILES string of the molecule is COCCN(Cc1ccc2c(c1)CNC2)C1CC1. The molecule has 0 radical (unpaired) electrons. The van der Waals surface area contributed by atoms with Crippen molar-refractivity contribution >= 4 is 0 Å². The summed E-state index contributed by atoms with van der Waals surface area (Å²) in [6.07, 6.45) is 2.71. The number of hydrogen-bond donors (Lipinski definition) is 1. The first kappa shape index (κ1) is 12.2. The van der Waals surface area contributed by atoms with Crippen LogP contribution in [-0.2, 0) is 24.4 Å². The highest BCUT2D eigenvalue weighted by molar-refractivity contribution is 5.34. The van der Waals surface area contributed by atoms with Crippen LogP contribution in [0.25, 0.3) is 0 Å². The molecule has 0 bridgehead atoms. The van der Waals surface area contributed by atoms with Gasteiger partial charge in [0.25, 0.3) is 0 Å². The summed E-state index contributed by atoms with van der Waals surface area (Å²) < 4.78 is 5.21. The van der Waals surface area contributed by atoms with E-state index in [9.17, 15) is 0 Å². The lowest BCUT2D eigenvalue weighted by atomic mass is 10.1. The van der Waals surface area contributed by atoms with Gasteiger partial charge in [-0.3, -0.25) is 4.90 Å². The van der Waals surface area contributed by atoms with Crippen LogP contribution in [0.5, 0.6) is 0 Å². The number of nitrogens with zero attached hydrogens (tertiary/aromatic N) is 1. The Bertz CT molecular complexity index is 415. The molecule has 0 unspecified atom stereocenters. The molecule has 3 rings (SSSR count). The zero-order valence-electron chi connectivity index (χ0n) is 11.1. The molecule has 98 valence electrons. The van der Waals surface area contributed by atoms with Gasteiger partial charge in [-0.05, 0) is 29.5 Å². The van der Waals surface area contributed by atoms with Crippen molar-refractivity contribution in [3.05, 3.63) is 34.9 Å². The molecule has 0 spiro atoms. The zero-order chi connectivity index (χ0) is 12.4. The van der Waals surface area contributed by atoms with Crippen LogP contribution in [0.15, 0.2) is 18.2 Å². The molecule has 3 heteroatoms. The van der Waals surface area contributed by atoms with Gasteiger partial charge >= 0.3 is 0 Å². The van der Waals surface area contributed by atoms with Gasteiger partial charge in [0.1, 0.15) is 0 Å². The van der Waals surface area contributed by atoms with E-state index in [0.717, 1.165) is 38.8 Å². The topological polar surface area (TPSA) is 24.5 Å². The fourth-order valence-corrected chi connectivity index (χ4v) is 2.72. The van der Waals surface area contributed by atoms with Crippen LogP contribution in [0.3, 0.4) is 0 Å². The number of hydrogen-bond acceptors (Lipinski definition) is 3. The van der Waals surface area contributed by atoms with E-state index in [-0.39, 0.29) is 0 Å². The van der Waals surface area contributed by atoms with Gasteiger partial charge in [0.15, 0.2) is 0 Å². The maximum absolute atomic E-state index is 5.21. The molecule has 0 amide bonds. The Labute approximate surface area is 109 Å². The van der Waals surface area contributed by atoms with E-state index in [2.05, 4.69) is 28.4 Å². The molecular weight excluding hydrogens is 224 g/mol. The molecule has 18 heavy (non-hydrogen) atoms. The summed E-state index contributed by atoms with van der Waals surface area (Å²) in [4.78, 5) is 2.56. The molecular formula is C15H22N2O. The van der Waals surface area contributed by atoms with Crippen molar-refractivity contribution in [3.63, 3.8) is 0 Å². The highest BCUT2D eigenvalue weighted by Gasteiger charge is 2.28. The normalized spacial score (nSPS) is 18.3. The van der Waals surface area contributed by atoms with Crippen LogP contribution in [0.1, 0.15) is 29.5 Å². The van der Waals surface area contributed by atoms with Gasteiger partial charge in [-0.2, -0.15) is 0 Å². The summed E-state index contributed by atoms with van der Waals surface area (Å²) in [5.74, 6) is 0. The van der Waals surface area contributed by atoms with Crippen LogP contribution in [0.2, 0.25) is 0 Å². The van der Waals surface area contributed by atoms with Crippen molar-refractivity contribution in [3.8, 4) is 0 Å². The Kier molecular flexibility index (Phi) is 3.64. The summed E-state index contributed by atoms with van der Waals surface area (Å²) in [7, 11) is 1.78. The minimum Gasteiger partial charge on any atom is -0.383 e. The largest absolute Gasteiger partial charge is 0.383 e. The maximum Gasteiger partial charge on any atom is 0.0589 e. The fraction of sp³-hybridized carbons (Fsp3) is 0.600. The Morgan fingerprint density at radius 2 is 2.11 bits per heavy atom. The van der Waals surface area contributed by atoms with Gasteiger partial charge in [-0.1, -0.05) is 18.2 Å². The minimum atomic E-state index is 0.798. The number of nitrogens with one attached hydrogen (secondary N) is 1. The van der Waals surface area contributed by atoms with E-state index < -0.39 is 0 Å². The molecule has 1 aliphatic carbocycles. The standard InChI is InChI=1S/C15H22N2O/c1-18-7-6-17(15-4-5-15)11-12-2-3-13-9-16-10-14(13)8-12/h2-3,8,15-16H,4-7,9-11H2,1H3. The Morgan fingerprint density at radius 1 is 1.28 bits per heavy atom. The summed E-state index contributed by atoms with van der Waals surface area (Å²) in [6, 6.07) is 7.74. The van der Waals surface area contributed by atoms with Crippen LogP contribution < -0.4 is 5.32 Å². The Balaban J connectivity index is 1.66. The first-order chi connectivity index (χ1) is 8.86. The summed E-state index contributed by atoms with van der Waals surface area (Å²) in [5, 5.41) is 3.40. The Morgan fingerprint density at radius 3 is 2.89 bits per heavy atom. The second kappa shape index (κ2) is 5.39. The molecule has 0 atom stereocenters. The van der Waals surface area contributed by atoms with E-state index in [1.807, 2.05) is 0 Å². The van der Waals surface area contributed by atoms with Crippen LogP contribution in [0, 0.1) is 0 Å². The highest BCUT2D eigenvalue weighted by Crippen LogP contribution is 2.28. The maximum atomic E-state index is 5.21. The molecule has 1 fully saturated rings. The van der Waals surface area contributed by atoms with Gasteiger partial charge in [0.2, 0.25) is 0 Å². The van der Waals surface area contributed by atoms with E-state index in [4.69, 9.17) is 4.74 Å². The molecule has 0 aromatic heterocycles. The minimum absolute atomic E-state index is 0.798. The van der Waals surface area contributed by atoms with Crippen molar-refractivity contribution in [2.24, 2.45) is 0 Å². The number of benzene rings is 1. The third-order valence-electron chi connectivity index (χ3n) is 3.93. The first-order valence-corrected chi connectivity index (χ1v) is 6.91. The third-order valence-corrected chi connectivity index (χ3v) is 3.93. The lowest BCUT2D eigenvalue weighted by Crippen LogP contribution is -2.29. The van der Waals surface area contributed by atoms with Crippen molar-refractivity contribution in [2.75, 3.05) is 20.3 Å². The molecule has 2 aliphatic rings. The quantitative estimate of drug-likeness (QED) is 0.829. The second-order valence-electron chi connectivity index (χ2n) is 5.40. The molecule has 1 aromatic rings. The predicted molar refractivity (Wildman–Crippen MR) is 72.3 cm³/mol. The van der Waals surface area contributed by atoms with Gasteiger partial charge in [0, 0.05) is 39.3 Å². The van der Waals surface area contributed by atoms with Gasteiger partial charge < -0.3 is 10.1 Å². The average Bonchev–Trinajstić information content (AvgIpc) is 3.12. The molecule has 1 aromatic carbocycles. The fourth-order valence-electron chi connectivity index (χ4n) is 2.72. The van der Waals surface area contributed by atoms with Crippen molar-refractivity contribution in [2.45, 2.75) is 38.5 Å². The van der Waals surface area contributed by atoms with Gasteiger partial charge in [0.05, 0.1) is 6.61 Å².